The highest BCUT2D eigenvalue weighted by atomic mass is 16.1. The highest BCUT2D eigenvalue weighted by Crippen LogP contribution is 2.16. The van der Waals surface area contributed by atoms with E-state index in [-0.39, 0.29) is 5.92 Å². The van der Waals surface area contributed by atoms with Crippen LogP contribution in [0.25, 0.3) is 0 Å². The molecular formula is C22H36N2O. The second-order valence-corrected chi connectivity index (χ2v) is 8.09. The number of Topliss-reactive ketones (excluding diaryl/α,β-unsaturated/α-hetero) is 1. The molecule has 1 aliphatic heterocycles. The third-order valence-electron chi connectivity index (χ3n) is 5.31. The van der Waals surface area contributed by atoms with E-state index >= 15 is 0 Å². The molecule has 25 heavy (non-hydrogen) atoms. The molecule has 0 radical (unpaired) electrons. The highest BCUT2D eigenvalue weighted by Gasteiger charge is 2.17. The van der Waals surface area contributed by atoms with E-state index in [1.54, 1.807) is 0 Å². The number of nitrogens with zero attached hydrogens (tertiary/aromatic N) is 2. The lowest BCUT2D eigenvalue weighted by Crippen LogP contribution is -2.46. The van der Waals surface area contributed by atoms with E-state index in [1.807, 2.05) is 13.8 Å². The van der Waals surface area contributed by atoms with Gasteiger partial charge < -0.3 is 4.90 Å². The van der Waals surface area contributed by atoms with Crippen LogP contribution in [0.15, 0.2) is 24.3 Å². The standard InChI is InChI=1S/C22H36N2O/c1-18(2)21-10-8-20(9-11-21)17-24-15-13-23(14-16-24)12-6-5-7-22(25)19(3)4/h8-11,18-19H,5-7,12-17H2,1-4H3. The first-order chi connectivity index (χ1) is 12.0. The summed E-state index contributed by atoms with van der Waals surface area (Å²) in [4.78, 5) is 16.8. The monoisotopic (exact) mass is 344 g/mol. The van der Waals surface area contributed by atoms with E-state index < -0.39 is 0 Å². The maximum atomic E-state index is 11.6. The molecule has 1 saturated heterocycles. The summed E-state index contributed by atoms with van der Waals surface area (Å²) in [5, 5.41) is 0. The molecule has 3 heteroatoms. The van der Waals surface area contributed by atoms with Crippen LogP contribution in [0, 0.1) is 5.92 Å². The van der Waals surface area contributed by atoms with Crippen LogP contribution in [0.4, 0.5) is 0 Å². The molecule has 0 N–H and O–H groups in total. The van der Waals surface area contributed by atoms with E-state index in [1.165, 1.54) is 11.1 Å². The first-order valence-electron chi connectivity index (χ1n) is 10.0. The predicted molar refractivity (Wildman–Crippen MR) is 106 cm³/mol. The van der Waals surface area contributed by atoms with Crippen LogP contribution in [-0.4, -0.2) is 48.3 Å². The molecule has 1 aromatic rings. The second-order valence-electron chi connectivity index (χ2n) is 8.09. The van der Waals surface area contributed by atoms with E-state index in [2.05, 4.69) is 47.9 Å². The zero-order valence-electron chi connectivity index (χ0n) is 16.6. The molecule has 1 aromatic carbocycles. The van der Waals surface area contributed by atoms with Crippen LogP contribution in [-0.2, 0) is 11.3 Å². The fraction of sp³-hybridized carbons (Fsp3) is 0.682. The Morgan fingerprint density at radius 3 is 2.08 bits per heavy atom. The zero-order valence-corrected chi connectivity index (χ0v) is 16.6. The van der Waals surface area contributed by atoms with Crippen molar-refractivity contribution in [1.82, 2.24) is 9.80 Å². The molecule has 1 heterocycles. The number of rotatable bonds is 9. The van der Waals surface area contributed by atoms with Crippen LogP contribution in [0.5, 0.6) is 0 Å². The quantitative estimate of drug-likeness (QED) is 0.623. The average molecular weight is 345 g/mol. The number of piperazine rings is 1. The molecule has 3 nitrogen and oxygen atoms in total. The van der Waals surface area contributed by atoms with Gasteiger partial charge in [-0.3, -0.25) is 9.69 Å². The molecule has 2 rings (SSSR count). The van der Waals surface area contributed by atoms with Crippen molar-refractivity contribution in [3.05, 3.63) is 35.4 Å². The Hall–Kier alpha value is -1.19. The summed E-state index contributed by atoms with van der Waals surface area (Å²) >= 11 is 0. The normalized spacial score (nSPS) is 16.7. The SMILES string of the molecule is CC(C)C(=O)CCCCN1CCN(Cc2ccc(C(C)C)cc2)CC1. The molecule has 1 aliphatic rings. The summed E-state index contributed by atoms with van der Waals surface area (Å²) in [5.41, 5.74) is 2.84. The van der Waals surface area contributed by atoms with Gasteiger partial charge in [0.05, 0.1) is 0 Å². The van der Waals surface area contributed by atoms with Crippen LogP contribution >= 0.6 is 0 Å². The summed E-state index contributed by atoms with van der Waals surface area (Å²) in [5.74, 6) is 1.21. The Balaban J connectivity index is 1.63. The lowest BCUT2D eigenvalue weighted by Gasteiger charge is -2.34. The molecule has 0 bridgehead atoms. The van der Waals surface area contributed by atoms with Gasteiger partial charge in [0.2, 0.25) is 0 Å². The van der Waals surface area contributed by atoms with Gasteiger partial charge in [0.15, 0.2) is 0 Å². The fourth-order valence-corrected chi connectivity index (χ4v) is 3.36. The van der Waals surface area contributed by atoms with Gasteiger partial charge in [0.25, 0.3) is 0 Å². The third kappa shape index (κ3) is 6.91. The Bertz CT molecular complexity index is 513. The van der Waals surface area contributed by atoms with Gasteiger partial charge in [-0.2, -0.15) is 0 Å². The van der Waals surface area contributed by atoms with Gasteiger partial charge in [0.1, 0.15) is 5.78 Å². The van der Waals surface area contributed by atoms with Crippen molar-refractivity contribution >= 4 is 5.78 Å². The van der Waals surface area contributed by atoms with Crippen LogP contribution in [0.2, 0.25) is 0 Å². The number of carbonyl (C=O) groups is 1. The molecule has 0 unspecified atom stereocenters. The summed E-state index contributed by atoms with van der Waals surface area (Å²) < 4.78 is 0. The van der Waals surface area contributed by atoms with Crippen molar-refractivity contribution in [1.29, 1.82) is 0 Å². The second kappa shape index (κ2) is 10.1. The molecule has 0 aromatic heterocycles. The Morgan fingerprint density at radius 1 is 0.920 bits per heavy atom. The maximum Gasteiger partial charge on any atom is 0.135 e. The van der Waals surface area contributed by atoms with Gasteiger partial charge in [-0.15, -0.1) is 0 Å². The van der Waals surface area contributed by atoms with Crippen molar-refractivity contribution in [2.24, 2.45) is 5.92 Å². The van der Waals surface area contributed by atoms with E-state index in [9.17, 15) is 4.79 Å². The lowest BCUT2D eigenvalue weighted by molar-refractivity contribution is -0.122. The number of ketones is 1. The smallest absolute Gasteiger partial charge is 0.135 e. The topological polar surface area (TPSA) is 23.6 Å². The van der Waals surface area contributed by atoms with Crippen molar-refractivity contribution in [2.75, 3.05) is 32.7 Å². The zero-order chi connectivity index (χ0) is 18.2. The Labute approximate surface area is 154 Å². The van der Waals surface area contributed by atoms with Crippen molar-refractivity contribution in [3.8, 4) is 0 Å². The van der Waals surface area contributed by atoms with Crippen LogP contribution < -0.4 is 0 Å². The summed E-state index contributed by atoms with van der Waals surface area (Å²) in [7, 11) is 0. The molecule has 140 valence electrons. The largest absolute Gasteiger partial charge is 0.301 e. The van der Waals surface area contributed by atoms with E-state index in [0.29, 0.717) is 11.7 Å². The van der Waals surface area contributed by atoms with Gasteiger partial charge >= 0.3 is 0 Å². The molecule has 0 spiro atoms. The Kier molecular flexibility index (Phi) is 8.11. The predicted octanol–water partition coefficient (Wildman–Crippen LogP) is 4.32. The molecule has 0 amide bonds. The molecule has 0 atom stereocenters. The van der Waals surface area contributed by atoms with Gasteiger partial charge in [-0.05, 0) is 36.4 Å². The first-order valence-corrected chi connectivity index (χ1v) is 10.0. The van der Waals surface area contributed by atoms with Gasteiger partial charge in [0, 0.05) is 45.1 Å². The highest BCUT2D eigenvalue weighted by molar-refractivity contribution is 5.80. The third-order valence-corrected chi connectivity index (χ3v) is 5.31. The minimum absolute atomic E-state index is 0.193. The summed E-state index contributed by atoms with van der Waals surface area (Å²) in [6.45, 7) is 15.3. The van der Waals surface area contributed by atoms with E-state index in [0.717, 1.165) is 58.5 Å². The number of unbranched alkanes of at least 4 members (excludes halogenated alkanes) is 1. The average Bonchev–Trinajstić information content (AvgIpc) is 2.60. The Morgan fingerprint density at radius 2 is 1.52 bits per heavy atom. The van der Waals surface area contributed by atoms with Crippen molar-refractivity contribution in [3.63, 3.8) is 0 Å². The first kappa shape index (κ1) is 20.1. The van der Waals surface area contributed by atoms with Gasteiger partial charge in [-0.25, -0.2) is 0 Å². The number of carbonyl (C=O) groups excluding carboxylic acids is 1. The van der Waals surface area contributed by atoms with Gasteiger partial charge in [-0.1, -0.05) is 52.0 Å². The summed E-state index contributed by atoms with van der Waals surface area (Å²) in [6, 6.07) is 9.12. The molecule has 0 aliphatic carbocycles. The minimum atomic E-state index is 0.193. The fourth-order valence-electron chi connectivity index (χ4n) is 3.36. The summed E-state index contributed by atoms with van der Waals surface area (Å²) in [6.07, 6.45) is 2.94. The van der Waals surface area contributed by atoms with Crippen molar-refractivity contribution in [2.45, 2.75) is 59.4 Å². The number of hydrogen-bond donors (Lipinski definition) is 0. The minimum Gasteiger partial charge on any atom is -0.301 e. The lowest BCUT2D eigenvalue weighted by atomic mass is 10.0. The molecule has 1 fully saturated rings. The van der Waals surface area contributed by atoms with Crippen LogP contribution in [0.1, 0.15) is 64.0 Å². The van der Waals surface area contributed by atoms with Crippen LogP contribution in [0.3, 0.4) is 0 Å². The number of benzene rings is 1. The van der Waals surface area contributed by atoms with E-state index in [4.69, 9.17) is 0 Å². The number of hydrogen-bond acceptors (Lipinski definition) is 3. The molecule has 0 saturated carbocycles. The van der Waals surface area contributed by atoms with Crippen molar-refractivity contribution < 1.29 is 4.79 Å². The molecular weight excluding hydrogens is 308 g/mol. The maximum absolute atomic E-state index is 11.6.